The minimum atomic E-state index is -0.148. The fourth-order valence-electron chi connectivity index (χ4n) is 2.87. The van der Waals surface area contributed by atoms with Gasteiger partial charge in [-0.25, -0.2) is 0 Å². The lowest BCUT2D eigenvalue weighted by molar-refractivity contribution is 0.0923. The minimum Gasteiger partial charge on any atom is -0.450 e. The Morgan fingerprint density at radius 3 is 2.44 bits per heavy atom. The summed E-state index contributed by atoms with van der Waals surface area (Å²) in [5.41, 5.74) is 4.96. The Hall–Kier alpha value is -2.55. The Morgan fingerprint density at radius 2 is 1.76 bits per heavy atom. The molecule has 2 aromatic carbocycles. The van der Waals surface area contributed by atoms with Crippen LogP contribution in [0.4, 0.5) is 0 Å². The highest BCUT2D eigenvalue weighted by Crippen LogP contribution is 2.35. The predicted molar refractivity (Wildman–Crippen MR) is 103 cm³/mol. The van der Waals surface area contributed by atoms with Gasteiger partial charge in [-0.2, -0.15) is 0 Å². The van der Waals surface area contributed by atoms with Crippen LogP contribution in [0.1, 0.15) is 41.9 Å². The number of hydrogen-bond acceptors (Lipinski definition) is 2. The summed E-state index contributed by atoms with van der Waals surface area (Å²) < 4.78 is 5.95. The standard InChI is InChI=1S/C22H25NO2/c1-5-14(2)13-23-22(24)21-20(17-9-6-15(3)7-10-17)18-12-16(4)8-11-19(18)25-21/h6-12,14H,5,13H2,1-4H3,(H,23,24). The number of carbonyl (C=O) groups excluding carboxylic acids is 1. The van der Waals surface area contributed by atoms with Gasteiger partial charge in [0.1, 0.15) is 5.58 Å². The van der Waals surface area contributed by atoms with Crippen molar-refractivity contribution in [1.82, 2.24) is 5.32 Å². The third-order valence-electron chi connectivity index (χ3n) is 4.70. The number of hydrogen-bond donors (Lipinski definition) is 1. The van der Waals surface area contributed by atoms with Crippen LogP contribution < -0.4 is 5.32 Å². The smallest absolute Gasteiger partial charge is 0.287 e. The number of rotatable bonds is 5. The molecule has 0 aliphatic rings. The fourth-order valence-corrected chi connectivity index (χ4v) is 2.87. The van der Waals surface area contributed by atoms with Crippen molar-refractivity contribution in [3.05, 3.63) is 59.4 Å². The lowest BCUT2D eigenvalue weighted by atomic mass is 9.99. The molecule has 3 heteroatoms. The van der Waals surface area contributed by atoms with Crippen molar-refractivity contribution in [2.45, 2.75) is 34.1 Å². The zero-order chi connectivity index (χ0) is 18.0. The lowest BCUT2D eigenvalue weighted by Gasteiger charge is -2.10. The maximum Gasteiger partial charge on any atom is 0.287 e. The maximum absolute atomic E-state index is 12.8. The average Bonchev–Trinajstić information content (AvgIpc) is 2.98. The molecule has 1 unspecified atom stereocenters. The van der Waals surface area contributed by atoms with Gasteiger partial charge in [0.15, 0.2) is 0 Å². The van der Waals surface area contributed by atoms with Gasteiger partial charge in [0.2, 0.25) is 5.76 Å². The van der Waals surface area contributed by atoms with Crippen LogP contribution >= 0.6 is 0 Å². The normalized spacial score (nSPS) is 12.3. The molecular formula is C22H25NO2. The highest BCUT2D eigenvalue weighted by atomic mass is 16.3. The summed E-state index contributed by atoms with van der Waals surface area (Å²) in [4.78, 5) is 12.8. The van der Waals surface area contributed by atoms with Crippen LogP contribution in [0.2, 0.25) is 0 Å². The van der Waals surface area contributed by atoms with Crippen LogP contribution in [0.5, 0.6) is 0 Å². The monoisotopic (exact) mass is 335 g/mol. The second-order valence-corrected chi connectivity index (χ2v) is 6.90. The summed E-state index contributed by atoms with van der Waals surface area (Å²) >= 11 is 0. The summed E-state index contributed by atoms with van der Waals surface area (Å²) in [7, 11) is 0. The Kier molecular flexibility index (Phi) is 4.93. The summed E-state index contributed by atoms with van der Waals surface area (Å²) in [6.07, 6.45) is 1.03. The molecular weight excluding hydrogens is 310 g/mol. The van der Waals surface area contributed by atoms with Crippen molar-refractivity contribution in [3.8, 4) is 11.1 Å². The first kappa shape index (κ1) is 17.3. The van der Waals surface area contributed by atoms with Gasteiger partial charge in [0.25, 0.3) is 5.91 Å². The molecule has 130 valence electrons. The Morgan fingerprint density at radius 1 is 1.08 bits per heavy atom. The molecule has 3 rings (SSSR count). The highest BCUT2D eigenvalue weighted by Gasteiger charge is 2.22. The molecule has 3 aromatic rings. The summed E-state index contributed by atoms with van der Waals surface area (Å²) in [6.45, 7) is 9.01. The Labute approximate surface area is 149 Å². The van der Waals surface area contributed by atoms with E-state index in [9.17, 15) is 4.79 Å². The molecule has 1 heterocycles. The number of furan rings is 1. The van der Waals surface area contributed by atoms with E-state index in [1.165, 1.54) is 5.56 Å². The molecule has 1 atom stereocenters. The van der Waals surface area contributed by atoms with Gasteiger partial charge >= 0.3 is 0 Å². The second kappa shape index (κ2) is 7.14. The molecule has 0 fully saturated rings. The van der Waals surface area contributed by atoms with E-state index < -0.39 is 0 Å². The van der Waals surface area contributed by atoms with Gasteiger partial charge in [0.05, 0.1) is 0 Å². The molecule has 0 aliphatic heterocycles. The molecule has 0 aliphatic carbocycles. The van der Waals surface area contributed by atoms with Gasteiger partial charge in [-0.3, -0.25) is 4.79 Å². The number of carbonyl (C=O) groups is 1. The van der Waals surface area contributed by atoms with E-state index in [1.54, 1.807) is 0 Å². The summed E-state index contributed by atoms with van der Waals surface area (Å²) in [6, 6.07) is 14.2. The number of amides is 1. The van der Waals surface area contributed by atoms with Crippen LogP contribution in [0.25, 0.3) is 22.1 Å². The van der Waals surface area contributed by atoms with Crippen LogP contribution in [-0.4, -0.2) is 12.5 Å². The second-order valence-electron chi connectivity index (χ2n) is 6.90. The molecule has 0 saturated carbocycles. The molecule has 0 spiro atoms. The van der Waals surface area contributed by atoms with E-state index in [4.69, 9.17) is 4.42 Å². The van der Waals surface area contributed by atoms with Crippen molar-refractivity contribution < 1.29 is 9.21 Å². The Bertz CT molecular complexity index is 890. The minimum absolute atomic E-state index is 0.148. The molecule has 0 bridgehead atoms. The first-order valence-corrected chi connectivity index (χ1v) is 8.88. The van der Waals surface area contributed by atoms with Gasteiger partial charge < -0.3 is 9.73 Å². The number of benzene rings is 2. The van der Waals surface area contributed by atoms with Crippen molar-refractivity contribution in [2.24, 2.45) is 5.92 Å². The highest BCUT2D eigenvalue weighted by molar-refractivity contribution is 6.08. The molecule has 0 saturated heterocycles. The van der Waals surface area contributed by atoms with Crippen molar-refractivity contribution in [1.29, 1.82) is 0 Å². The van der Waals surface area contributed by atoms with E-state index in [0.717, 1.165) is 34.1 Å². The predicted octanol–water partition coefficient (Wildman–Crippen LogP) is 5.49. The Balaban J connectivity index is 2.09. The molecule has 0 radical (unpaired) electrons. The first-order chi connectivity index (χ1) is 12.0. The number of nitrogens with one attached hydrogen (secondary N) is 1. The zero-order valence-electron chi connectivity index (χ0n) is 15.3. The van der Waals surface area contributed by atoms with Crippen molar-refractivity contribution in [3.63, 3.8) is 0 Å². The van der Waals surface area contributed by atoms with Gasteiger partial charge in [-0.15, -0.1) is 0 Å². The molecule has 1 amide bonds. The first-order valence-electron chi connectivity index (χ1n) is 8.88. The van der Waals surface area contributed by atoms with E-state index in [2.05, 4.69) is 44.3 Å². The van der Waals surface area contributed by atoms with Crippen LogP contribution in [-0.2, 0) is 0 Å². The van der Waals surface area contributed by atoms with Gasteiger partial charge in [-0.1, -0.05) is 61.7 Å². The molecule has 1 N–H and O–H groups in total. The van der Waals surface area contributed by atoms with E-state index in [-0.39, 0.29) is 5.91 Å². The van der Waals surface area contributed by atoms with Crippen LogP contribution in [0, 0.1) is 19.8 Å². The van der Waals surface area contributed by atoms with E-state index in [1.807, 2.05) is 31.2 Å². The number of aryl methyl sites for hydroxylation is 2. The SMILES string of the molecule is CCC(C)CNC(=O)c1oc2ccc(C)cc2c1-c1ccc(C)cc1. The lowest BCUT2D eigenvalue weighted by Crippen LogP contribution is -2.28. The fraction of sp³-hybridized carbons (Fsp3) is 0.318. The van der Waals surface area contributed by atoms with Gasteiger partial charge in [-0.05, 0) is 37.5 Å². The largest absolute Gasteiger partial charge is 0.450 e. The third-order valence-corrected chi connectivity index (χ3v) is 4.70. The van der Waals surface area contributed by atoms with E-state index >= 15 is 0 Å². The van der Waals surface area contributed by atoms with Crippen LogP contribution in [0.3, 0.4) is 0 Å². The van der Waals surface area contributed by atoms with E-state index in [0.29, 0.717) is 18.2 Å². The third kappa shape index (κ3) is 3.60. The molecule has 3 nitrogen and oxygen atoms in total. The molecule has 25 heavy (non-hydrogen) atoms. The van der Waals surface area contributed by atoms with Crippen molar-refractivity contribution >= 4 is 16.9 Å². The quantitative estimate of drug-likeness (QED) is 0.669. The van der Waals surface area contributed by atoms with Gasteiger partial charge in [0, 0.05) is 17.5 Å². The van der Waals surface area contributed by atoms with Crippen molar-refractivity contribution in [2.75, 3.05) is 6.54 Å². The summed E-state index contributed by atoms with van der Waals surface area (Å²) in [5.74, 6) is 0.691. The maximum atomic E-state index is 12.8. The summed E-state index contributed by atoms with van der Waals surface area (Å²) in [5, 5.41) is 4.00. The zero-order valence-corrected chi connectivity index (χ0v) is 15.3. The number of fused-ring (bicyclic) bond motifs is 1. The molecule has 1 aromatic heterocycles. The van der Waals surface area contributed by atoms with Crippen LogP contribution in [0.15, 0.2) is 46.9 Å². The topological polar surface area (TPSA) is 42.2 Å². The average molecular weight is 335 g/mol.